The van der Waals surface area contributed by atoms with Gasteiger partial charge in [0.25, 0.3) is 11.6 Å². The minimum absolute atomic E-state index is 0.0392. The number of anilines is 2. The maximum Gasteiger partial charge on any atom is 0.339 e. The number of hydrogen-bond acceptors (Lipinski definition) is 8. The van der Waals surface area contributed by atoms with Gasteiger partial charge in [-0.05, 0) is 26.0 Å². The van der Waals surface area contributed by atoms with Crippen LogP contribution in [0.25, 0.3) is 0 Å². The fraction of sp³-hybridized carbons (Fsp3) is 0.267. The maximum absolute atomic E-state index is 12.1. The largest absolute Gasteiger partial charge is 0.449 e. The summed E-state index contributed by atoms with van der Waals surface area (Å²) in [5.74, 6) is -0.760. The number of carbonyl (C=O) groups excluding carboxylic acids is 2. The van der Waals surface area contributed by atoms with Gasteiger partial charge in [0, 0.05) is 19.2 Å². The molecular formula is C15H16N4O6. The molecule has 0 spiro atoms. The zero-order chi connectivity index (χ0) is 18.6. The van der Waals surface area contributed by atoms with Crippen LogP contribution in [0.15, 0.2) is 28.8 Å². The summed E-state index contributed by atoms with van der Waals surface area (Å²) in [5.41, 5.74) is -0.0523. The van der Waals surface area contributed by atoms with Crippen LogP contribution in [0, 0.1) is 17.0 Å². The van der Waals surface area contributed by atoms with Crippen LogP contribution in [-0.2, 0) is 9.53 Å². The van der Waals surface area contributed by atoms with Crippen molar-refractivity contribution in [1.82, 2.24) is 5.16 Å². The Morgan fingerprint density at radius 3 is 2.64 bits per heavy atom. The number of nitro benzene ring substituents is 1. The molecule has 1 atom stereocenters. The molecule has 0 saturated heterocycles. The van der Waals surface area contributed by atoms with Gasteiger partial charge in [0.15, 0.2) is 11.9 Å². The zero-order valence-electron chi connectivity index (χ0n) is 13.7. The first kappa shape index (κ1) is 17.9. The average molecular weight is 348 g/mol. The van der Waals surface area contributed by atoms with Gasteiger partial charge in [-0.25, -0.2) is 4.79 Å². The summed E-state index contributed by atoms with van der Waals surface area (Å²) in [6.45, 7) is 3.03. The molecule has 132 valence electrons. The Morgan fingerprint density at radius 2 is 2.08 bits per heavy atom. The van der Waals surface area contributed by atoms with E-state index in [0.717, 1.165) is 6.07 Å². The molecule has 0 fully saturated rings. The summed E-state index contributed by atoms with van der Waals surface area (Å²) in [7, 11) is 1.53. The van der Waals surface area contributed by atoms with Crippen LogP contribution in [0.3, 0.4) is 0 Å². The minimum Gasteiger partial charge on any atom is -0.449 e. The molecule has 25 heavy (non-hydrogen) atoms. The van der Waals surface area contributed by atoms with E-state index in [2.05, 4.69) is 15.8 Å². The van der Waals surface area contributed by atoms with Gasteiger partial charge < -0.3 is 19.9 Å². The Balaban J connectivity index is 2.06. The van der Waals surface area contributed by atoms with Crippen LogP contribution < -0.4 is 10.6 Å². The Bertz CT molecular complexity index is 816. The number of carbonyl (C=O) groups is 2. The van der Waals surface area contributed by atoms with E-state index < -0.39 is 22.9 Å². The summed E-state index contributed by atoms with van der Waals surface area (Å²) < 4.78 is 9.84. The van der Waals surface area contributed by atoms with Gasteiger partial charge in [0.1, 0.15) is 11.4 Å². The van der Waals surface area contributed by atoms with Crippen molar-refractivity contribution in [3.05, 3.63) is 45.7 Å². The van der Waals surface area contributed by atoms with Crippen LogP contribution in [-0.4, -0.2) is 35.1 Å². The van der Waals surface area contributed by atoms with Gasteiger partial charge in [-0.3, -0.25) is 14.9 Å². The molecule has 0 bridgehead atoms. The standard InChI is InChI=1S/C15H16N4O6/c1-8-6-13(18-25-8)17-14(20)9(2)24-15(21)10-4-5-11(16-3)12(7-10)19(22)23/h4-7,9,16H,1-3H3,(H,17,18,20)/t9-/m0/s1. The molecule has 0 aliphatic carbocycles. The highest BCUT2D eigenvalue weighted by Gasteiger charge is 2.22. The van der Waals surface area contributed by atoms with Gasteiger partial charge in [0.2, 0.25) is 0 Å². The van der Waals surface area contributed by atoms with Gasteiger partial charge in [-0.15, -0.1) is 0 Å². The summed E-state index contributed by atoms with van der Waals surface area (Å²) in [6, 6.07) is 5.34. The van der Waals surface area contributed by atoms with Crippen LogP contribution in [0.2, 0.25) is 0 Å². The molecule has 0 radical (unpaired) electrons. The molecule has 1 heterocycles. The van der Waals surface area contributed by atoms with E-state index in [9.17, 15) is 19.7 Å². The van der Waals surface area contributed by atoms with E-state index in [-0.39, 0.29) is 22.8 Å². The van der Waals surface area contributed by atoms with Crippen LogP contribution in [0.5, 0.6) is 0 Å². The second kappa shape index (κ2) is 7.43. The second-order valence-electron chi connectivity index (χ2n) is 5.10. The van der Waals surface area contributed by atoms with Gasteiger partial charge in [0.05, 0.1) is 10.5 Å². The molecule has 2 aromatic rings. The summed E-state index contributed by atoms with van der Waals surface area (Å²) in [5, 5.41) is 19.7. The maximum atomic E-state index is 12.1. The summed E-state index contributed by atoms with van der Waals surface area (Å²) in [6.07, 6.45) is -1.13. The SMILES string of the molecule is CNc1ccc(C(=O)O[C@@H](C)C(=O)Nc2cc(C)on2)cc1[N+](=O)[O-]. The van der Waals surface area contributed by atoms with E-state index in [1.807, 2.05) is 0 Å². The van der Waals surface area contributed by atoms with Crippen LogP contribution in [0.4, 0.5) is 17.2 Å². The molecule has 1 amide bonds. The predicted octanol–water partition coefficient (Wildman–Crippen LogP) is 2.12. The first-order valence-corrected chi connectivity index (χ1v) is 7.23. The van der Waals surface area contributed by atoms with Crippen molar-refractivity contribution < 1.29 is 23.8 Å². The molecule has 10 nitrogen and oxygen atoms in total. The monoisotopic (exact) mass is 348 g/mol. The molecule has 0 unspecified atom stereocenters. The lowest BCUT2D eigenvalue weighted by atomic mass is 10.1. The smallest absolute Gasteiger partial charge is 0.339 e. The third-order valence-electron chi connectivity index (χ3n) is 3.23. The molecule has 1 aromatic heterocycles. The van der Waals surface area contributed by atoms with Crippen molar-refractivity contribution in [3.8, 4) is 0 Å². The minimum atomic E-state index is -1.13. The molecule has 0 saturated carbocycles. The van der Waals surface area contributed by atoms with Crippen molar-refractivity contribution in [2.45, 2.75) is 20.0 Å². The summed E-state index contributed by atoms with van der Waals surface area (Å²) in [4.78, 5) is 34.5. The zero-order valence-corrected chi connectivity index (χ0v) is 13.7. The molecule has 0 aliphatic rings. The number of benzene rings is 1. The number of rotatable bonds is 6. The quantitative estimate of drug-likeness (QED) is 0.460. The summed E-state index contributed by atoms with van der Waals surface area (Å²) >= 11 is 0. The van der Waals surface area contributed by atoms with Crippen molar-refractivity contribution in [2.24, 2.45) is 0 Å². The topological polar surface area (TPSA) is 137 Å². The van der Waals surface area contributed by atoms with E-state index >= 15 is 0 Å². The van der Waals surface area contributed by atoms with Gasteiger partial charge >= 0.3 is 5.97 Å². The van der Waals surface area contributed by atoms with E-state index in [1.165, 1.54) is 32.2 Å². The number of aromatic nitrogens is 1. The van der Waals surface area contributed by atoms with E-state index in [4.69, 9.17) is 9.26 Å². The lowest BCUT2D eigenvalue weighted by molar-refractivity contribution is -0.384. The lowest BCUT2D eigenvalue weighted by Gasteiger charge is -2.12. The Morgan fingerprint density at radius 1 is 1.36 bits per heavy atom. The normalized spacial score (nSPS) is 11.5. The number of nitrogens with zero attached hydrogens (tertiary/aromatic N) is 2. The molecular weight excluding hydrogens is 332 g/mol. The second-order valence-corrected chi connectivity index (χ2v) is 5.10. The number of amides is 1. The lowest BCUT2D eigenvalue weighted by Crippen LogP contribution is -2.30. The third-order valence-corrected chi connectivity index (χ3v) is 3.23. The van der Waals surface area contributed by atoms with Crippen LogP contribution >= 0.6 is 0 Å². The van der Waals surface area contributed by atoms with Crippen molar-refractivity contribution >= 4 is 29.1 Å². The Labute approximate surface area is 142 Å². The number of nitro groups is 1. The first-order chi connectivity index (χ1) is 11.8. The van der Waals surface area contributed by atoms with Gasteiger partial charge in [-0.1, -0.05) is 5.16 Å². The fourth-order valence-corrected chi connectivity index (χ4v) is 1.96. The number of hydrogen-bond donors (Lipinski definition) is 2. The van der Waals surface area contributed by atoms with Crippen molar-refractivity contribution in [2.75, 3.05) is 17.7 Å². The van der Waals surface area contributed by atoms with E-state index in [0.29, 0.717) is 5.76 Å². The molecule has 2 N–H and O–H groups in total. The molecule has 2 rings (SSSR count). The molecule has 10 heteroatoms. The van der Waals surface area contributed by atoms with Crippen LogP contribution in [0.1, 0.15) is 23.0 Å². The third kappa shape index (κ3) is 4.31. The first-order valence-electron chi connectivity index (χ1n) is 7.23. The number of esters is 1. The van der Waals surface area contributed by atoms with Gasteiger partial charge in [-0.2, -0.15) is 0 Å². The highest BCUT2D eigenvalue weighted by atomic mass is 16.6. The highest BCUT2D eigenvalue weighted by molar-refractivity contribution is 5.97. The predicted molar refractivity (Wildman–Crippen MR) is 87.4 cm³/mol. The van der Waals surface area contributed by atoms with Crippen molar-refractivity contribution in [1.29, 1.82) is 0 Å². The fourth-order valence-electron chi connectivity index (χ4n) is 1.96. The molecule has 0 aliphatic heterocycles. The number of nitrogens with one attached hydrogen (secondary N) is 2. The highest BCUT2D eigenvalue weighted by Crippen LogP contribution is 2.25. The average Bonchev–Trinajstić information content (AvgIpc) is 2.98. The van der Waals surface area contributed by atoms with E-state index in [1.54, 1.807) is 6.92 Å². The Hall–Kier alpha value is -3.43. The number of aryl methyl sites for hydroxylation is 1. The Kier molecular flexibility index (Phi) is 5.32. The molecule has 1 aromatic carbocycles. The number of ether oxygens (including phenoxy) is 1. The van der Waals surface area contributed by atoms with Crippen molar-refractivity contribution in [3.63, 3.8) is 0 Å².